The van der Waals surface area contributed by atoms with E-state index in [4.69, 9.17) is 11.6 Å². The number of nitrogens with zero attached hydrogens (tertiary/aromatic N) is 3. The smallest absolute Gasteiger partial charge is 0.262 e. The number of rotatable bonds is 6. The Morgan fingerprint density at radius 3 is 2.86 bits per heavy atom. The highest BCUT2D eigenvalue weighted by atomic mass is 35.5. The zero-order chi connectivity index (χ0) is 15.6. The Balaban J connectivity index is 2.44. The summed E-state index contributed by atoms with van der Waals surface area (Å²) in [5.74, 6) is 0.905. The molecule has 21 heavy (non-hydrogen) atoms. The molecule has 1 unspecified atom stereocenters. The topological polar surface area (TPSA) is 54.7 Å². The average molecular weight is 348 g/mol. The van der Waals surface area contributed by atoms with Crippen LogP contribution in [0.3, 0.4) is 0 Å². The van der Waals surface area contributed by atoms with Crippen LogP contribution >= 0.6 is 23.4 Å². The summed E-state index contributed by atoms with van der Waals surface area (Å²) in [5.41, 5.74) is 0.520. The van der Waals surface area contributed by atoms with Gasteiger partial charge in [-0.25, -0.2) is 13.4 Å². The summed E-state index contributed by atoms with van der Waals surface area (Å²) in [6.45, 7) is 1.89. The maximum atomic E-state index is 12.8. The van der Waals surface area contributed by atoms with Gasteiger partial charge in [-0.3, -0.25) is 4.40 Å². The summed E-state index contributed by atoms with van der Waals surface area (Å²) < 4.78 is 28.5. The third-order valence-corrected chi connectivity index (χ3v) is 6.45. The lowest BCUT2D eigenvalue weighted by molar-refractivity contribution is 0.380. The Morgan fingerprint density at radius 2 is 2.19 bits per heavy atom. The molecule has 0 saturated heterocycles. The van der Waals surface area contributed by atoms with Gasteiger partial charge in [0.25, 0.3) is 10.0 Å². The quantitative estimate of drug-likeness (QED) is 0.806. The summed E-state index contributed by atoms with van der Waals surface area (Å²) in [7, 11) is -2.11. The molecule has 2 rings (SSSR count). The summed E-state index contributed by atoms with van der Waals surface area (Å²) in [6, 6.07) is 5.16. The molecule has 0 bridgehead atoms. The molecule has 0 aliphatic carbocycles. The number of hydrogen-bond donors (Lipinski definition) is 0. The van der Waals surface area contributed by atoms with Gasteiger partial charge in [0.05, 0.1) is 0 Å². The van der Waals surface area contributed by atoms with Crippen LogP contribution in [-0.2, 0) is 10.0 Å². The summed E-state index contributed by atoms with van der Waals surface area (Å²) in [6.07, 6.45) is 4.44. The van der Waals surface area contributed by atoms with Crippen molar-refractivity contribution in [3.8, 4) is 0 Å². The van der Waals surface area contributed by atoms with Gasteiger partial charge >= 0.3 is 0 Å². The molecule has 0 aliphatic rings. The molecule has 0 aliphatic heterocycles. The predicted octanol–water partition coefficient (Wildman–Crippen LogP) is 2.75. The zero-order valence-corrected chi connectivity index (χ0v) is 14.5. The van der Waals surface area contributed by atoms with Crippen LogP contribution in [0.4, 0.5) is 0 Å². The number of thioether (sulfide) groups is 1. The van der Waals surface area contributed by atoms with Crippen LogP contribution in [0.5, 0.6) is 0 Å². The second-order valence-electron chi connectivity index (χ2n) is 4.79. The molecule has 0 amide bonds. The molecule has 2 aromatic rings. The second kappa shape index (κ2) is 6.56. The standard InChI is InChI=1S/C13H18ClN3O2S2/c1-10(7-9-20-3)16(2)21(18,19)13-12(14)15-11-6-4-5-8-17(11)13/h4-6,8,10H,7,9H2,1-3H3. The first kappa shape index (κ1) is 16.6. The maximum Gasteiger partial charge on any atom is 0.262 e. The van der Waals surface area contributed by atoms with Crippen molar-refractivity contribution in [2.75, 3.05) is 19.1 Å². The monoisotopic (exact) mass is 347 g/mol. The largest absolute Gasteiger partial charge is 0.288 e. The Morgan fingerprint density at radius 1 is 1.48 bits per heavy atom. The van der Waals surface area contributed by atoms with Gasteiger partial charge in [0.1, 0.15) is 5.65 Å². The van der Waals surface area contributed by atoms with Gasteiger partial charge in [-0.2, -0.15) is 16.1 Å². The van der Waals surface area contributed by atoms with Gasteiger partial charge in [0, 0.05) is 19.3 Å². The molecular formula is C13H18ClN3O2S2. The van der Waals surface area contributed by atoms with Crippen LogP contribution in [-0.4, -0.2) is 47.2 Å². The van der Waals surface area contributed by atoms with Crippen LogP contribution in [0.1, 0.15) is 13.3 Å². The van der Waals surface area contributed by atoms with Gasteiger partial charge in [-0.15, -0.1) is 0 Å². The summed E-state index contributed by atoms with van der Waals surface area (Å²) in [4.78, 5) is 4.10. The Labute approximate surface area is 134 Å². The highest BCUT2D eigenvalue weighted by Crippen LogP contribution is 2.26. The van der Waals surface area contributed by atoms with Crippen LogP contribution in [0.15, 0.2) is 29.4 Å². The third-order valence-electron chi connectivity index (χ3n) is 3.43. The van der Waals surface area contributed by atoms with Gasteiger partial charge in [-0.05, 0) is 37.5 Å². The molecule has 2 heterocycles. The van der Waals surface area contributed by atoms with Gasteiger partial charge in [-0.1, -0.05) is 17.7 Å². The van der Waals surface area contributed by atoms with Gasteiger partial charge in [0.15, 0.2) is 10.2 Å². The molecule has 8 heteroatoms. The molecule has 5 nitrogen and oxygen atoms in total. The Bertz CT molecular complexity index is 730. The maximum absolute atomic E-state index is 12.8. The highest BCUT2D eigenvalue weighted by molar-refractivity contribution is 7.98. The molecule has 1 atom stereocenters. The van der Waals surface area contributed by atoms with E-state index in [9.17, 15) is 8.42 Å². The molecule has 2 aromatic heterocycles. The van der Waals surface area contributed by atoms with E-state index < -0.39 is 10.0 Å². The molecule has 0 aromatic carbocycles. The van der Waals surface area contributed by atoms with Crippen LogP contribution in [0, 0.1) is 0 Å². The first-order valence-electron chi connectivity index (χ1n) is 6.49. The van der Waals surface area contributed by atoms with Crippen molar-refractivity contribution in [2.45, 2.75) is 24.4 Å². The van der Waals surface area contributed by atoms with Crippen molar-refractivity contribution in [1.82, 2.24) is 13.7 Å². The van der Waals surface area contributed by atoms with Crippen molar-refractivity contribution in [2.24, 2.45) is 0 Å². The normalized spacial score (nSPS) is 14.0. The summed E-state index contributed by atoms with van der Waals surface area (Å²) in [5, 5.41) is 0.0309. The van der Waals surface area contributed by atoms with Crippen LogP contribution in [0.25, 0.3) is 5.65 Å². The van der Waals surface area contributed by atoms with E-state index in [0.29, 0.717) is 5.65 Å². The first-order chi connectivity index (χ1) is 9.89. The van der Waals surface area contributed by atoms with E-state index >= 15 is 0 Å². The van der Waals surface area contributed by atoms with Gasteiger partial charge < -0.3 is 0 Å². The van der Waals surface area contributed by atoms with Crippen LogP contribution < -0.4 is 0 Å². The minimum Gasteiger partial charge on any atom is -0.288 e. The number of imidazole rings is 1. The number of pyridine rings is 1. The minimum atomic E-state index is -3.69. The minimum absolute atomic E-state index is 0.00474. The number of hydrogen-bond acceptors (Lipinski definition) is 4. The molecule has 116 valence electrons. The summed E-state index contributed by atoms with van der Waals surface area (Å²) >= 11 is 7.76. The molecule has 0 radical (unpaired) electrons. The molecule has 0 saturated carbocycles. The molecule has 0 spiro atoms. The fourth-order valence-corrected chi connectivity index (χ4v) is 4.58. The van der Waals surface area contributed by atoms with E-state index in [1.165, 1.54) is 8.71 Å². The van der Waals surface area contributed by atoms with E-state index in [-0.39, 0.29) is 16.2 Å². The number of aromatic nitrogens is 2. The number of sulfonamides is 1. The van der Waals surface area contributed by atoms with E-state index in [2.05, 4.69) is 4.98 Å². The molecular weight excluding hydrogens is 330 g/mol. The van der Waals surface area contributed by atoms with Crippen molar-refractivity contribution in [3.05, 3.63) is 29.5 Å². The van der Waals surface area contributed by atoms with Crippen molar-refractivity contribution >= 4 is 39.0 Å². The number of fused-ring (bicyclic) bond motifs is 1. The fraction of sp³-hybridized carbons (Fsp3) is 0.462. The Hall–Kier alpha value is -0.760. The second-order valence-corrected chi connectivity index (χ2v) is 8.04. The lowest BCUT2D eigenvalue weighted by Gasteiger charge is -2.23. The lowest BCUT2D eigenvalue weighted by atomic mass is 10.3. The first-order valence-corrected chi connectivity index (χ1v) is 9.70. The highest BCUT2D eigenvalue weighted by Gasteiger charge is 2.31. The van der Waals surface area contributed by atoms with Gasteiger partial charge in [0.2, 0.25) is 0 Å². The van der Waals surface area contributed by atoms with Crippen molar-refractivity contribution in [1.29, 1.82) is 0 Å². The van der Waals surface area contributed by atoms with E-state index in [1.807, 2.05) is 13.2 Å². The Kier molecular flexibility index (Phi) is 5.19. The van der Waals surface area contributed by atoms with Crippen LogP contribution in [0.2, 0.25) is 5.15 Å². The molecule has 0 N–H and O–H groups in total. The van der Waals surface area contributed by atoms with Crippen molar-refractivity contribution < 1.29 is 8.42 Å². The molecule has 0 fully saturated rings. The number of halogens is 1. The van der Waals surface area contributed by atoms with Crippen molar-refractivity contribution in [3.63, 3.8) is 0 Å². The fourth-order valence-electron chi connectivity index (χ4n) is 2.02. The van der Waals surface area contributed by atoms with E-state index in [0.717, 1.165) is 12.2 Å². The third kappa shape index (κ3) is 3.21. The van der Waals surface area contributed by atoms with E-state index in [1.54, 1.807) is 43.2 Å². The zero-order valence-electron chi connectivity index (χ0n) is 12.2. The lowest BCUT2D eigenvalue weighted by Crippen LogP contribution is -2.36. The predicted molar refractivity (Wildman–Crippen MR) is 87.6 cm³/mol. The SMILES string of the molecule is CSCCC(C)N(C)S(=O)(=O)c1c(Cl)nc2ccccn12. The average Bonchev–Trinajstić information content (AvgIpc) is 2.80.